The number of aryl methyl sites for hydroxylation is 2. The van der Waals surface area contributed by atoms with E-state index in [1.54, 1.807) is 7.11 Å². The zero-order valence-corrected chi connectivity index (χ0v) is 17.0. The molecule has 1 heterocycles. The maximum Gasteiger partial charge on any atom is 0.119 e. The molecule has 1 aliphatic heterocycles. The van der Waals surface area contributed by atoms with Crippen LogP contribution in [0.25, 0.3) is 11.1 Å². The smallest absolute Gasteiger partial charge is 0.119 e. The minimum atomic E-state index is 0.901. The van der Waals surface area contributed by atoms with E-state index < -0.39 is 0 Å². The summed E-state index contributed by atoms with van der Waals surface area (Å²) in [5.41, 5.74) is 7.67. The highest BCUT2D eigenvalue weighted by molar-refractivity contribution is 5.80. The Morgan fingerprint density at radius 1 is 0.679 bits per heavy atom. The molecule has 4 rings (SSSR count). The average Bonchev–Trinajstić information content (AvgIpc) is 2.75. The molecule has 0 radical (unpaired) electrons. The summed E-state index contributed by atoms with van der Waals surface area (Å²) in [4.78, 5) is 4.98. The number of piperazine rings is 1. The molecule has 1 saturated heterocycles. The van der Waals surface area contributed by atoms with E-state index in [4.69, 9.17) is 4.74 Å². The molecule has 0 saturated carbocycles. The topological polar surface area (TPSA) is 15.7 Å². The highest BCUT2D eigenvalue weighted by Crippen LogP contribution is 2.35. The number of hydrogen-bond acceptors (Lipinski definition) is 3. The summed E-state index contributed by atoms with van der Waals surface area (Å²) in [7, 11) is 1.73. The fraction of sp³-hybridized carbons (Fsp3) is 0.280. The number of methoxy groups -OCH3 is 1. The number of rotatable bonds is 4. The van der Waals surface area contributed by atoms with Crippen molar-refractivity contribution in [2.24, 2.45) is 0 Å². The van der Waals surface area contributed by atoms with Crippen LogP contribution in [-0.4, -0.2) is 33.3 Å². The van der Waals surface area contributed by atoms with Gasteiger partial charge in [-0.2, -0.15) is 0 Å². The van der Waals surface area contributed by atoms with Gasteiger partial charge in [0.05, 0.1) is 7.11 Å². The molecule has 3 aromatic rings. The lowest BCUT2D eigenvalue weighted by molar-refractivity contribution is 0.415. The van der Waals surface area contributed by atoms with Crippen LogP contribution >= 0.6 is 0 Å². The maximum absolute atomic E-state index is 5.50. The summed E-state index contributed by atoms with van der Waals surface area (Å²) in [6.07, 6.45) is 0. The van der Waals surface area contributed by atoms with E-state index in [1.165, 1.54) is 33.6 Å². The lowest BCUT2D eigenvalue weighted by atomic mass is 10.0. The van der Waals surface area contributed by atoms with Gasteiger partial charge >= 0.3 is 0 Å². The van der Waals surface area contributed by atoms with E-state index in [2.05, 4.69) is 90.4 Å². The zero-order valence-electron chi connectivity index (χ0n) is 17.0. The minimum Gasteiger partial charge on any atom is -0.497 e. The fourth-order valence-corrected chi connectivity index (χ4v) is 3.84. The molecule has 1 aliphatic rings. The first-order chi connectivity index (χ1) is 13.6. The van der Waals surface area contributed by atoms with Crippen LogP contribution in [0, 0.1) is 13.8 Å². The molecule has 3 nitrogen and oxygen atoms in total. The SMILES string of the molecule is COc1ccc(N2CCN(c3ccc(C)cc3)CC2)c(-c2ccc(C)cc2)c1. The number of nitrogens with zero attached hydrogens (tertiary/aromatic N) is 2. The Labute approximate surface area is 168 Å². The van der Waals surface area contributed by atoms with Crippen LogP contribution in [0.5, 0.6) is 5.75 Å². The van der Waals surface area contributed by atoms with Crippen LogP contribution in [0.2, 0.25) is 0 Å². The molecule has 144 valence electrons. The molecule has 1 fully saturated rings. The molecule has 0 bridgehead atoms. The zero-order chi connectivity index (χ0) is 19.5. The van der Waals surface area contributed by atoms with Crippen molar-refractivity contribution >= 4 is 11.4 Å². The van der Waals surface area contributed by atoms with Crippen LogP contribution in [0.1, 0.15) is 11.1 Å². The molecular weight excluding hydrogens is 344 g/mol. The van der Waals surface area contributed by atoms with E-state index in [9.17, 15) is 0 Å². The standard InChI is InChI=1S/C25H28N2O/c1-19-4-8-21(9-5-19)24-18-23(28-3)12-13-25(24)27-16-14-26(15-17-27)22-10-6-20(2)7-11-22/h4-13,18H,14-17H2,1-3H3. The number of anilines is 2. The predicted molar refractivity (Wildman–Crippen MR) is 119 cm³/mol. The van der Waals surface area contributed by atoms with Crippen molar-refractivity contribution in [2.45, 2.75) is 13.8 Å². The number of ether oxygens (including phenoxy) is 1. The van der Waals surface area contributed by atoms with E-state index >= 15 is 0 Å². The van der Waals surface area contributed by atoms with Crippen molar-refractivity contribution in [1.82, 2.24) is 0 Å². The second kappa shape index (κ2) is 7.97. The van der Waals surface area contributed by atoms with Crippen molar-refractivity contribution < 1.29 is 4.74 Å². The lowest BCUT2D eigenvalue weighted by Gasteiger charge is -2.38. The third kappa shape index (κ3) is 3.84. The molecular formula is C25H28N2O. The van der Waals surface area contributed by atoms with Crippen LogP contribution in [0.15, 0.2) is 66.7 Å². The van der Waals surface area contributed by atoms with Crippen molar-refractivity contribution in [1.29, 1.82) is 0 Å². The second-order valence-electron chi connectivity index (χ2n) is 7.56. The Hall–Kier alpha value is -2.94. The molecule has 0 spiro atoms. The average molecular weight is 373 g/mol. The first-order valence-corrected chi connectivity index (χ1v) is 9.96. The van der Waals surface area contributed by atoms with Gasteiger partial charge in [-0.05, 0) is 49.7 Å². The largest absolute Gasteiger partial charge is 0.497 e. The molecule has 28 heavy (non-hydrogen) atoms. The van der Waals surface area contributed by atoms with Gasteiger partial charge in [-0.3, -0.25) is 0 Å². The number of hydrogen-bond donors (Lipinski definition) is 0. The second-order valence-corrected chi connectivity index (χ2v) is 7.56. The molecule has 0 N–H and O–H groups in total. The summed E-state index contributed by atoms with van der Waals surface area (Å²) in [6.45, 7) is 8.35. The van der Waals surface area contributed by atoms with Crippen LogP contribution in [-0.2, 0) is 0 Å². The van der Waals surface area contributed by atoms with Crippen LogP contribution in [0.4, 0.5) is 11.4 Å². The van der Waals surface area contributed by atoms with Gasteiger partial charge in [0.15, 0.2) is 0 Å². The van der Waals surface area contributed by atoms with Crippen LogP contribution < -0.4 is 14.5 Å². The summed E-state index contributed by atoms with van der Waals surface area (Å²) >= 11 is 0. The molecule has 0 aromatic heterocycles. The van der Waals surface area contributed by atoms with Gasteiger partial charge in [0.2, 0.25) is 0 Å². The third-order valence-corrected chi connectivity index (χ3v) is 5.59. The van der Waals surface area contributed by atoms with E-state index in [0.29, 0.717) is 0 Å². The van der Waals surface area contributed by atoms with E-state index in [1.807, 2.05) is 0 Å². The van der Waals surface area contributed by atoms with Gasteiger partial charge in [0.25, 0.3) is 0 Å². The lowest BCUT2D eigenvalue weighted by Crippen LogP contribution is -2.46. The van der Waals surface area contributed by atoms with Crippen molar-refractivity contribution in [2.75, 3.05) is 43.1 Å². The highest BCUT2D eigenvalue weighted by atomic mass is 16.5. The Kier molecular flexibility index (Phi) is 5.25. The monoisotopic (exact) mass is 372 g/mol. The Morgan fingerprint density at radius 3 is 1.86 bits per heavy atom. The molecule has 3 heteroatoms. The fourth-order valence-electron chi connectivity index (χ4n) is 3.84. The van der Waals surface area contributed by atoms with Crippen molar-refractivity contribution in [3.8, 4) is 16.9 Å². The Balaban J connectivity index is 1.57. The van der Waals surface area contributed by atoms with Crippen molar-refractivity contribution in [3.05, 3.63) is 77.9 Å². The molecule has 0 unspecified atom stereocenters. The highest BCUT2D eigenvalue weighted by Gasteiger charge is 2.20. The normalized spacial score (nSPS) is 14.2. The summed E-state index contributed by atoms with van der Waals surface area (Å²) in [5.74, 6) is 0.901. The van der Waals surface area contributed by atoms with Gasteiger partial charge in [0, 0.05) is 43.1 Å². The van der Waals surface area contributed by atoms with E-state index in [-0.39, 0.29) is 0 Å². The van der Waals surface area contributed by atoms with Gasteiger partial charge in [-0.15, -0.1) is 0 Å². The molecule has 0 atom stereocenters. The van der Waals surface area contributed by atoms with Gasteiger partial charge in [-0.25, -0.2) is 0 Å². The molecule has 0 aliphatic carbocycles. The first kappa shape index (κ1) is 18.4. The van der Waals surface area contributed by atoms with Crippen LogP contribution in [0.3, 0.4) is 0 Å². The predicted octanol–water partition coefficient (Wildman–Crippen LogP) is 5.31. The third-order valence-electron chi connectivity index (χ3n) is 5.59. The van der Waals surface area contributed by atoms with Gasteiger partial charge < -0.3 is 14.5 Å². The molecule has 3 aromatic carbocycles. The quantitative estimate of drug-likeness (QED) is 0.618. The first-order valence-electron chi connectivity index (χ1n) is 9.96. The number of benzene rings is 3. The van der Waals surface area contributed by atoms with E-state index in [0.717, 1.165) is 31.9 Å². The minimum absolute atomic E-state index is 0.901. The summed E-state index contributed by atoms with van der Waals surface area (Å²) in [6, 6.07) is 24.0. The summed E-state index contributed by atoms with van der Waals surface area (Å²) in [5, 5.41) is 0. The Morgan fingerprint density at radius 2 is 1.25 bits per heavy atom. The van der Waals surface area contributed by atoms with Gasteiger partial charge in [-0.1, -0.05) is 47.5 Å². The Bertz CT molecular complexity index is 924. The maximum atomic E-state index is 5.50. The molecule has 0 amide bonds. The van der Waals surface area contributed by atoms with Crippen molar-refractivity contribution in [3.63, 3.8) is 0 Å². The van der Waals surface area contributed by atoms with Gasteiger partial charge in [0.1, 0.15) is 5.75 Å². The summed E-state index contributed by atoms with van der Waals surface area (Å²) < 4.78 is 5.50.